The van der Waals surface area contributed by atoms with Crippen LogP contribution in [-0.4, -0.2) is 37.2 Å². The third-order valence-electron chi connectivity index (χ3n) is 4.86. The van der Waals surface area contributed by atoms with Crippen molar-refractivity contribution in [1.29, 1.82) is 0 Å². The highest BCUT2D eigenvalue weighted by molar-refractivity contribution is 7.75. The average Bonchev–Trinajstić information content (AvgIpc) is 2.55. The van der Waals surface area contributed by atoms with E-state index < -0.39 is 7.26 Å². The molecule has 0 saturated carbocycles. The van der Waals surface area contributed by atoms with Crippen LogP contribution in [0, 0.1) is 0 Å². The number of unbranched alkanes of at least 4 members (excludes halogenated alkanes) is 6. The zero-order valence-corrected chi connectivity index (χ0v) is 17.8. The Balaban J connectivity index is 4.76. The normalized spacial score (nSPS) is 11.5. The second-order valence-corrected chi connectivity index (χ2v) is 11.7. The van der Waals surface area contributed by atoms with Crippen LogP contribution in [0.2, 0.25) is 0 Å². The molecule has 0 N–H and O–H groups in total. The molecule has 0 aromatic rings. The molecular formula is C21H42O2P+. The van der Waals surface area contributed by atoms with Gasteiger partial charge in [0.05, 0.1) is 24.6 Å². The fourth-order valence-electron chi connectivity index (χ4n) is 3.22. The van der Waals surface area contributed by atoms with Gasteiger partial charge in [0.25, 0.3) is 0 Å². The van der Waals surface area contributed by atoms with E-state index in [0.717, 1.165) is 6.16 Å². The maximum absolute atomic E-state index is 11.7. The summed E-state index contributed by atoms with van der Waals surface area (Å²) in [5.41, 5.74) is 0.516. The summed E-state index contributed by atoms with van der Waals surface area (Å²) in [5, 5.41) is 0. The van der Waals surface area contributed by atoms with Crippen molar-refractivity contribution >= 4 is 13.2 Å². The van der Waals surface area contributed by atoms with E-state index in [1.807, 2.05) is 0 Å². The van der Waals surface area contributed by atoms with Gasteiger partial charge in [-0.3, -0.25) is 0 Å². The van der Waals surface area contributed by atoms with Gasteiger partial charge >= 0.3 is 5.97 Å². The maximum atomic E-state index is 11.7. The van der Waals surface area contributed by atoms with Crippen molar-refractivity contribution in [2.75, 3.05) is 31.3 Å². The van der Waals surface area contributed by atoms with Crippen molar-refractivity contribution < 1.29 is 9.53 Å². The summed E-state index contributed by atoms with van der Waals surface area (Å²) < 4.78 is 5.47. The molecule has 142 valence electrons. The molecular weight excluding hydrogens is 315 g/mol. The number of carbonyl (C=O) groups excluding carboxylic acids is 1. The number of carbonyl (C=O) groups is 1. The van der Waals surface area contributed by atoms with Gasteiger partial charge in [0.2, 0.25) is 0 Å². The Kier molecular flexibility index (Phi) is 14.7. The Hall–Kier alpha value is -0.360. The SMILES string of the molecule is C=C(C)C(=O)OCC[P+](CCCCC)(CCCCC)CCCCC. The highest BCUT2D eigenvalue weighted by Gasteiger charge is 2.35. The minimum atomic E-state index is -0.979. The summed E-state index contributed by atoms with van der Waals surface area (Å²) >= 11 is 0. The fraction of sp³-hybridized carbons (Fsp3) is 0.857. The average molecular weight is 358 g/mol. The summed E-state index contributed by atoms with van der Waals surface area (Å²) in [6.45, 7) is 12.9. The highest BCUT2D eigenvalue weighted by atomic mass is 31.2. The lowest BCUT2D eigenvalue weighted by atomic mass is 10.3. The van der Waals surface area contributed by atoms with Crippen LogP contribution in [-0.2, 0) is 9.53 Å². The van der Waals surface area contributed by atoms with Crippen LogP contribution in [0.25, 0.3) is 0 Å². The Labute approximate surface area is 152 Å². The first-order chi connectivity index (χ1) is 11.5. The van der Waals surface area contributed by atoms with Crippen molar-refractivity contribution in [2.45, 2.75) is 85.5 Å². The second kappa shape index (κ2) is 14.9. The van der Waals surface area contributed by atoms with Crippen LogP contribution < -0.4 is 0 Å². The quantitative estimate of drug-likeness (QED) is 0.133. The maximum Gasteiger partial charge on any atom is 0.333 e. The zero-order valence-electron chi connectivity index (χ0n) is 16.9. The Morgan fingerprint density at radius 1 is 0.792 bits per heavy atom. The van der Waals surface area contributed by atoms with Gasteiger partial charge < -0.3 is 4.74 Å². The van der Waals surface area contributed by atoms with E-state index in [9.17, 15) is 4.79 Å². The van der Waals surface area contributed by atoms with Crippen molar-refractivity contribution in [3.8, 4) is 0 Å². The molecule has 0 radical (unpaired) electrons. The van der Waals surface area contributed by atoms with E-state index in [4.69, 9.17) is 4.74 Å². The molecule has 3 heteroatoms. The van der Waals surface area contributed by atoms with Crippen LogP contribution in [0.3, 0.4) is 0 Å². The third kappa shape index (κ3) is 11.2. The van der Waals surface area contributed by atoms with Gasteiger partial charge in [-0.25, -0.2) is 4.79 Å². The number of esters is 1. The first-order valence-electron chi connectivity index (χ1n) is 10.2. The Bertz CT molecular complexity index is 312. The van der Waals surface area contributed by atoms with E-state index in [1.54, 1.807) is 6.92 Å². The van der Waals surface area contributed by atoms with Gasteiger partial charge in [-0.2, -0.15) is 0 Å². The lowest BCUT2D eigenvalue weighted by Crippen LogP contribution is -2.18. The van der Waals surface area contributed by atoms with Crippen molar-refractivity contribution in [2.24, 2.45) is 0 Å². The minimum absolute atomic E-state index is 0.219. The van der Waals surface area contributed by atoms with Gasteiger partial charge in [0.1, 0.15) is 6.61 Å². The summed E-state index contributed by atoms with van der Waals surface area (Å²) in [4.78, 5) is 11.7. The van der Waals surface area contributed by atoms with Gasteiger partial charge in [-0.15, -0.1) is 0 Å². The molecule has 0 unspecified atom stereocenters. The van der Waals surface area contributed by atoms with Crippen molar-refractivity contribution in [1.82, 2.24) is 0 Å². The second-order valence-electron chi connectivity index (χ2n) is 7.27. The van der Waals surface area contributed by atoms with Gasteiger partial charge in [0.15, 0.2) is 0 Å². The van der Waals surface area contributed by atoms with Gasteiger partial charge in [0, 0.05) is 12.8 Å². The summed E-state index contributed by atoms with van der Waals surface area (Å²) in [7, 11) is -0.979. The Morgan fingerprint density at radius 3 is 1.54 bits per heavy atom. The molecule has 0 atom stereocenters. The monoisotopic (exact) mass is 357 g/mol. The molecule has 0 saturated heterocycles. The smallest absolute Gasteiger partial charge is 0.333 e. The number of hydrogen-bond acceptors (Lipinski definition) is 2. The van der Waals surface area contributed by atoms with E-state index in [0.29, 0.717) is 12.2 Å². The molecule has 0 aromatic carbocycles. The number of rotatable bonds is 16. The predicted molar refractivity (Wildman–Crippen MR) is 111 cm³/mol. The zero-order chi connectivity index (χ0) is 18.3. The highest BCUT2D eigenvalue weighted by Crippen LogP contribution is 2.60. The molecule has 2 nitrogen and oxygen atoms in total. The van der Waals surface area contributed by atoms with Gasteiger partial charge in [-0.05, 0) is 26.2 Å². The molecule has 0 amide bonds. The molecule has 0 fully saturated rings. The fourth-order valence-corrected chi connectivity index (χ4v) is 7.72. The molecule has 0 bridgehead atoms. The van der Waals surface area contributed by atoms with Crippen LogP contribution in [0.15, 0.2) is 12.2 Å². The molecule has 0 aliphatic heterocycles. The minimum Gasteiger partial charge on any atom is -0.458 e. The molecule has 0 aromatic heterocycles. The van der Waals surface area contributed by atoms with Crippen molar-refractivity contribution in [3.63, 3.8) is 0 Å². The van der Waals surface area contributed by atoms with E-state index >= 15 is 0 Å². The molecule has 0 spiro atoms. The van der Waals surface area contributed by atoms with Crippen molar-refractivity contribution in [3.05, 3.63) is 12.2 Å². The number of hydrogen-bond donors (Lipinski definition) is 0. The van der Waals surface area contributed by atoms with Crippen LogP contribution >= 0.6 is 7.26 Å². The first kappa shape index (κ1) is 23.6. The lowest BCUT2D eigenvalue weighted by Gasteiger charge is -2.28. The third-order valence-corrected chi connectivity index (χ3v) is 9.78. The molecule has 24 heavy (non-hydrogen) atoms. The molecule has 0 rings (SSSR count). The lowest BCUT2D eigenvalue weighted by molar-refractivity contribution is -0.138. The summed E-state index contributed by atoms with van der Waals surface area (Å²) in [6.07, 6.45) is 17.3. The predicted octanol–water partition coefficient (Wildman–Crippen LogP) is 6.69. The van der Waals surface area contributed by atoms with E-state index in [1.165, 1.54) is 76.3 Å². The molecule has 0 heterocycles. The molecule has 0 aliphatic carbocycles. The topological polar surface area (TPSA) is 26.3 Å². The summed E-state index contributed by atoms with van der Waals surface area (Å²) in [5.74, 6) is -0.219. The first-order valence-corrected chi connectivity index (χ1v) is 12.7. The van der Waals surface area contributed by atoms with Crippen LogP contribution in [0.4, 0.5) is 0 Å². The summed E-state index contributed by atoms with van der Waals surface area (Å²) in [6, 6.07) is 0. The van der Waals surface area contributed by atoms with Crippen LogP contribution in [0.5, 0.6) is 0 Å². The van der Waals surface area contributed by atoms with Gasteiger partial charge in [-0.1, -0.05) is 65.9 Å². The van der Waals surface area contributed by atoms with E-state index in [-0.39, 0.29) is 5.97 Å². The Morgan fingerprint density at radius 2 is 1.21 bits per heavy atom. The molecule has 0 aliphatic rings. The van der Waals surface area contributed by atoms with E-state index in [2.05, 4.69) is 27.4 Å². The largest absolute Gasteiger partial charge is 0.458 e. The van der Waals surface area contributed by atoms with Crippen LogP contribution in [0.1, 0.15) is 85.5 Å². The standard InChI is InChI=1S/C21H42O2P/c1-6-9-12-16-24(17-13-10-7-2,18-14-11-8-3)19-15-23-21(22)20(4)5/h4,6-19H2,1-3,5H3/q+1. The number of ether oxygens (including phenoxy) is 1.